The Kier molecular flexibility index (Phi) is 23.7. The molecule has 0 heterocycles. The van der Waals surface area contributed by atoms with Crippen LogP contribution in [0.3, 0.4) is 0 Å². The zero-order valence-corrected chi connectivity index (χ0v) is 28.0. The number of aliphatic carboxylic acids is 1. The molecule has 0 fully saturated rings. The summed E-state index contributed by atoms with van der Waals surface area (Å²) in [6.45, 7) is 8.06. The van der Waals surface area contributed by atoms with Gasteiger partial charge in [-0.25, -0.2) is 0 Å². The lowest BCUT2D eigenvalue weighted by molar-refractivity contribution is -0.167. The van der Waals surface area contributed by atoms with Crippen molar-refractivity contribution < 1.29 is 38.6 Å². The van der Waals surface area contributed by atoms with E-state index in [0.29, 0.717) is 25.8 Å². The van der Waals surface area contributed by atoms with Crippen molar-refractivity contribution in [2.24, 2.45) is 5.41 Å². The van der Waals surface area contributed by atoms with E-state index in [2.05, 4.69) is 29.7 Å². The highest BCUT2D eigenvalue weighted by atomic mass is 16.6. The largest absolute Gasteiger partial charge is 0.481 e. The van der Waals surface area contributed by atoms with Crippen LogP contribution in [0.1, 0.15) is 144 Å². The lowest BCUT2D eigenvalue weighted by Crippen LogP contribution is -2.51. The summed E-state index contributed by atoms with van der Waals surface area (Å²) in [5.74, 6) is -3.03. The van der Waals surface area contributed by atoms with Gasteiger partial charge in [-0.05, 0) is 44.9 Å². The van der Waals surface area contributed by atoms with E-state index in [-0.39, 0.29) is 18.9 Å². The molecule has 0 aromatic carbocycles. The molecule has 0 aliphatic rings. The molecule has 0 saturated heterocycles. The minimum absolute atomic E-state index is 0.0383. The number of esters is 2. The smallest absolute Gasteiger partial charge is 0.305 e. The zero-order valence-electron chi connectivity index (χ0n) is 28.0. The Hall–Kier alpha value is -2.91. The fraction of sp³-hybridized carbons (Fsp3) is 0.794. The highest BCUT2D eigenvalue weighted by Gasteiger charge is 2.40. The molecule has 0 bridgehead atoms. The maximum absolute atomic E-state index is 13.0. The van der Waals surface area contributed by atoms with Crippen LogP contribution in [-0.2, 0) is 33.4 Å². The number of carbonyl (C=O) groups is 5. The number of amides is 2. The van der Waals surface area contributed by atoms with Crippen molar-refractivity contribution in [2.75, 3.05) is 13.2 Å². The molecule has 0 saturated carbocycles. The molecule has 0 rings (SSSR count). The minimum atomic E-state index is -1.29. The normalized spacial score (nSPS) is 12.8. The third-order valence-electron chi connectivity index (χ3n) is 7.36. The van der Waals surface area contributed by atoms with Gasteiger partial charge in [0.1, 0.15) is 6.61 Å². The Bertz CT molecular complexity index is 871. The van der Waals surface area contributed by atoms with E-state index in [4.69, 9.17) is 9.47 Å². The monoisotopic (exact) mass is 624 g/mol. The second kappa shape index (κ2) is 25.4. The van der Waals surface area contributed by atoms with E-state index < -0.39 is 41.4 Å². The summed E-state index contributed by atoms with van der Waals surface area (Å²) in [5.41, 5.74) is -1.05. The first kappa shape index (κ1) is 41.1. The number of carbonyl (C=O) groups excluding carboxylic acids is 4. The van der Waals surface area contributed by atoms with Crippen LogP contribution in [0, 0.1) is 5.41 Å². The van der Waals surface area contributed by atoms with Gasteiger partial charge in [0.05, 0.1) is 6.42 Å². The average molecular weight is 625 g/mol. The SMILES string of the molecule is CCCCCCCC/C=C\CCCCCCCC(=O)NCCCC(CC(=O)O)NC(=O)C(OC(C)=O)C(C)(C)COC(C)=O. The molecule has 0 radical (unpaired) electrons. The highest BCUT2D eigenvalue weighted by molar-refractivity contribution is 5.85. The number of carboxylic acids is 1. The number of hydrogen-bond acceptors (Lipinski definition) is 7. The van der Waals surface area contributed by atoms with Gasteiger partial charge in [-0.3, -0.25) is 24.0 Å². The average Bonchev–Trinajstić information content (AvgIpc) is 2.94. The summed E-state index contributed by atoms with van der Waals surface area (Å²) in [7, 11) is 0. The Morgan fingerprint density at radius 3 is 1.91 bits per heavy atom. The van der Waals surface area contributed by atoms with Crippen LogP contribution in [0.5, 0.6) is 0 Å². The lowest BCUT2D eigenvalue weighted by atomic mass is 9.86. The predicted octanol–water partition coefficient (Wildman–Crippen LogP) is 6.40. The number of nitrogens with one attached hydrogen (secondary N) is 2. The van der Waals surface area contributed by atoms with Gasteiger partial charge in [0, 0.05) is 38.3 Å². The molecule has 10 heteroatoms. The van der Waals surface area contributed by atoms with Gasteiger partial charge in [0.15, 0.2) is 6.10 Å². The van der Waals surface area contributed by atoms with Gasteiger partial charge in [0.25, 0.3) is 5.91 Å². The van der Waals surface area contributed by atoms with Crippen molar-refractivity contribution in [3.63, 3.8) is 0 Å². The minimum Gasteiger partial charge on any atom is -0.481 e. The van der Waals surface area contributed by atoms with E-state index in [1.54, 1.807) is 13.8 Å². The summed E-state index contributed by atoms with van der Waals surface area (Å²) in [4.78, 5) is 59.6. The summed E-state index contributed by atoms with van der Waals surface area (Å²) in [5, 5.41) is 14.9. The van der Waals surface area contributed by atoms with E-state index >= 15 is 0 Å². The molecule has 2 amide bonds. The first-order valence-electron chi connectivity index (χ1n) is 16.6. The van der Waals surface area contributed by atoms with Crippen LogP contribution in [0.4, 0.5) is 0 Å². The Labute approximate surface area is 265 Å². The summed E-state index contributed by atoms with van der Waals surface area (Å²) in [6, 6.07) is -0.732. The van der Waals surface area contributed by atoms with E-state index in [0.717, 1.165) is 32.6 Å². The van der Waals surface area contributed by atoms with Gasteiger partial charge < -0.3 is 25.2 Å². The van der Waals surface area contributed by atoms with Crippen LogP contribution in [0.2, 0.25) is 0 Å². The highest BCUT2D eigenvalue weighted by Crippen LogP contribution is 2.25. The lowest BCUT2D eigenvalue weighted by Gasteiger charge is -2.33. The molecule has 10 nitrogen and oxygen atoms in total. The molecular formula is C34H60N2O8. The maximum atomic E-state index is 13.0. The number of hydrogen-bond donors (Lipinski definition) is 3. The molecule has 0 aliphatic carbocycles. The Balaban J connectivity index is 4.29. The molecule has 2 unspecified atom stereocenters. The standard InChI is InChI=1S/C34H60N2O8/c1-6-7-8-9-10-11-12-13-14-15-16-17-18-19-20-23-30(39)35-24-21-22-29(25-31(40)41)36-33(42)32(44-28(3)38)34(4,5)26-43-27(2)37/h13-14,29,32H,6-12,15-26H2,1-5H3,(H,35,39)(H,36,42)(H,40,41)/b14-13-. The van der Waals surface area contributed by atoms with Crippen LogP contribution in [-0.4, -0.2) is 60.1 Å². The molecule has 0 aromatic rings. The van der Waals surface area contributed by atoms with Crippen LogP contribution < -0.4 is 10.6 Å². The molecule has 3 N–H and O–H groups in total. The van der Waals surface area contributed by atoms with Crippen LogP contribution in [0.25, 0.3) is 0 Å². The fourth-order valence-corrected chi connectivity index (χ4v) is 4.83. The van der Waals surface area contributed by atoms with Crippen LogP contribution in [0.15, 0.2) is 12.2 Å². The Morgan fingerprint density at radius 1 is 0.795 bits per heavy atom. The number of rotatable bonds is 27. The van der Waals surface area contributed by atoms with Crippen molar-refractivity contribution in [1.82, 2.24) is 10.6 Å². The van der Waals surface area contributed by atoms with E-state index in [1.807, 2.05) is 0 Å². The quantitative estimate of drug-likeness (QED) is 0.0540. The van der Waals surface area contributed by atoms with E-state index in [1.165, 1.54) is 64.7 Å². The predicted molar refractivity (Wildman–Crippen MR) is 172 cm³/mol. The summed E-state index contributed by atoms with van der Waals surface area (Å²) >= 11 is 0. The number of ether oxygens (including phenoxy) is 2. The van der Waals surface area contributed by atoms with Gasteiger partial charge in [-0.15, -0.1) is 0 Å². The topological polar surface area (TPSA) is 148 Å². The zero-order chi connectivity index (χ0) is 33.2. The number of allylic oxidation sites excluding steroid dienone is 2. The molecule has 0 aromatic heterocycles. The molecule has 0 aliphatic heterocycles. The summed E-state index contributed by atoms with van der Waals surface area (Å²) in [6.07, 6.45) is 19.8. The Morgan fingerprint density at radius 2 is 1.36 bits per heavy atom. The van der Waals surface area contributed by atoms with Gasteiger partial charge in [-0.1, -0.05) is 84.3 Å². The molecule has 2 atom stereocenters. The third-order valence-corrected chi connectivity index (χ3v) is 7.36. The molecule has 44 heavy (non-hydrogen) atoms. The fourth-order valence-electron chi connectivity index (χ4n) is 4.83. The molecular weight excluding hydrogens is 564 g/mol. The number of unbranched alkanes of at least 4 members (excludes halogenated alkanes) is 11. The van der Waals surface area contributed by atoms with Crippen molar-refractivity contribution in [3.8, 4) is 0 Å². The second-order valence-electron chi connectivity index (χ2n) is 12.4. The van der Waals surface area contributed by atoms with Gasteiger partial charge in [-0.2, -0.15) is 0 Å². The summed E-state index contributed by atoms with van der Waals surface area (Å²) < 4.78 is 10.3. The van der Waals surface area contributed by atoms with Gasteiger partial charge >= 0.3 is 17.9 Å². The third kappa shape index (κ3) is 23.5. The maximum Gasteiger partial charge on any atom is 0.305 e. The van der Waals surface area contributed by atoms with Crippen LogP contribution >= 0.6 is 0 Å². The van der Waals surface area contributed by atoms with Crippen molar-refractivity contribution in [3.05, 3.63) is 12.2 Å². The van der Waals surface area contributed by atoms with Crippen molar-refractivity contribution in [1.29, 1.82) is 0 Å². The first-order valence-corrected chi connectivity index (χ1v) is 16.6. The number of carboxylic acid groups (broad SMARTS) is 1. The molecule has 254 valence electrons. The second-order valence-corrected chi connectivity index (χ2v) is 12.4. The van der Waals surface area contributed by atoms with Crippen molar-refractivity contribution in [2.45, 2.75) is 156 Å². The van der Waals surface area contributed by atoms with Crippen molar-refractivity contribution >= 4 is 29.7 Å². The molecule has 0 spiro atoms. The first-order chi connectivity index (χ1) is 20.9. The van der Waals surface area contributed by atoms with Gasteiger partial charge in [0.2, 0.25) is 5.91 Å². The van der Waals surface area contributed by atoms with E-state index in [9.17, 15) is 29.1 Å².